The molecule has 1 amide bonds. The molecule has 1 unspecified atom stereocenters. The molecule has 23 heavy (non-hydrogen) atoms. The SMILES string of the molecule is CCCNC(=O)C(C)OC(=O)CCn1cnc2sccc2c1=O. The first-order chi connectivity index (χ1) is 11.0. The summed E-state index contributed by atoms with van der Waals surface area (Å²) in [5, 5.41) is 5.00. The van der Waals surface area contributed by atoms with E-state index in [-0.39, 0.29) is 24.4 Å². The second kappa shape index (κ2) is 7.87. The molecule has 2 aromatic rings. The second-order valence-electron chi connectivity index (χ2n) is 5.06. The summed E-state index contributed by atoms with van der Waals surface area (Å²) in [5.74, 6) is -0.847. The lowest BCUT2D eigenvalue weighted by Gasteiger charge is -2.13. The molecule has 0 aliphatic rings. The van der Waals surface area contributed by atoms with E-state index in [4.69, 9.17) is 4.74 Å². The maximum Gasteiger partial charge on any atom is 0.308 e. The van der Waals surface area contributed by atoms with E-state index in [0.29, 0.717) is 16.8 Å². The summed E-state index contributed by atoms with van der Waals surface area (Å²) in [7, 11) is 0. The molecule has 2 rings (SSSR count). The van der Waals surface area contributed by atoms with Gasteiger partial charge in [-0.05, 0) is 24.8 Å². The van der Waals surface area contributed by atoms with Gasteiger partial charge in [-0.25, -0.2) is 4.98 Å². The summed E-state index contributed by atoms with van der Waals surface area (Å²) >= 11 is 1.39. The number of aromatic nitrogens is 2. The van der Waals surface area contributed by atoms with E-state index >= 15 is 0 Å². The molecule has 1 N–H and O–H groups in total. The number of esters is 1. The number of hydrogen-bond acceptors (Lipinski definition) is 6. The minimum absolute atomic E-state index is 0.00261. The molecule has 0 saturated carbocycles. The Balaban J connectivity index is 1.89. The summed E-state index contributed by atoms with van der Waals surface area (Å²) in [5.41, 5.74) is -0.183. The number of carbonyl (C=O) groups is 2. The molecule has 0 bridgehead atoms. The molecular weight excluding hydrogens is 318 g/mol. The summed E-state index contributed by atoms with van der Waals surface area (Å²) < 4.78 is 6.43. The van der Waals surface area contributed by atoms with Gasteiger partial charge in [0.1, 0.15) is 4.83 Å². The van der Waals surface area contributed by atoms with Crippen molar-refractivity contribution in [1.29, 1.82) is 0 Å². The monoisotopic (exact) mass is 337 g/mol. The van der Waals surface area contributed by atoms with Gasteiger partial charge in [0.2, 0.25) is 0 Å². The fourth-order valence-electron chi connectivity index (χ4n) is 1.97. The van der Waals surface area contributed by atoms with Crippen LogP contribution in [0.3, 0.4) is 0 Å². The number of aryl methyl sites for hydroxylation is 1. The fraction of sp³-hybridized carbons (Fsp3) is 0.467. The number of thiophene rings is 1. The molecule has 124 valence electrons. The van der Waals surface area contributed by atoms with E-state index in [2.05, 4.69) is 10.3 Å². The molecule has 0 fully saturated rings. The van der Waals surface area contributed by atoms with Crippen LogP contribution in [0.5, 0.6) is 0 Å². The highest BCUT2D eigenvalue weighted by Crippen LogP contribution is 2.13. The van der Waals surface area contributed by atoms with Crippen molar-refractivity contribution >= 4 is 33.4 Å². The van der Waals surface area contributed by atoms with E-state index in [1.807, 2.05) is 6.92 Å². The minimum atomic E-state index is -0.844. The van der Waals surface area contributed by atoms with Gasteiger partial charge in [-0.15, -0.1) is 11.3 Å². The third-order valence-electron chi connectivity index (χ3n) is 3.23. The largest absolute Gasteiger partial charge is 0.452 e. The van der Waals surface area contributed by atoms with Gasteiger partial charge in [0, 0.05) is 13.1 Å². The van der Waals surface area contributed by atoms with Crippen molar-refractivity contribution in [2.75, 3.05) is 6.54 Å². The number of rotatable bonds is 7. The number of fused-ring (bicyclic) bond motifs is 1. The predicted octanol–water partition coefficient (Wildman–Crippen LogP) is 1.31. The maximum atomic E-state index is 12.2. The number of amides is 1. The second-order valence-corrected chi connectivity index (χ2v) is 5.95. The highest BCUT2D eigenvalue weighted by Gasteiger charge is 2.17. The molecule has 7 nitrogen and oxygen atoms in total. The molecule has 8 heteroatoms. The van der Waals surface area contributed by atoms with Crippen LogP contribution in [0.4, 0.5) is 0 Å². The van der Waals surface area contributed by atoms with Gasteiger partial charge in [0.05, 0.1) is 18.1 Å². The summed E-state index contributed by atoms with van der Waals surface area (Å²) in [6, 6.07) is 1.71. The van der Waals surface area contributed by atoms with Gasteiger partial charge < -0.3 is 10.1 Å². The average molecular weight is 337 g/mol. The van der Waals surface area contributed by atoms with E-state index in [1.165, 1.54) is 29.2 Å². The van der Waals surface area contributed by atoms with E-state index in [0.717, 1.165) is 6.42 Å². The Morgan fingerprint density at radius 1 is 1.48 bits per heavy atom. The van der Waals surface area contributed by atoms with Crippen molar-refractivity contribution in [3.63, 3.8) is 0 Å². The Hall–Kier alpha value is -2.22. The Morgan fingerprint density at radius 2 is 2.26 bits per heavy atom. The zero-order valence-corrected chi connectivity index (χ0v) is 13.9. The molecule has 0 radical (unpaired) electrons. The van der Waals surface area contributed by atoms with Crippen LogP contribution in [0.1, 0.15) is 26.7 Å². The number of ether oxygens (including phenoxy) is 1. The van der Waals surface area contributed by atoms with Crippen LogP contribution in [0.25, 0.3) is 10.2 Å². The van der Waals surface area contributed by atoms with Crippen LogP contribution in [0.2, 0.25) is 0 Å². The van der Waals surface area contributed by atoms with Gasteiger partial charge >= 0.3 is 5.97 Å². The third-order valence-corrected chi connectivity index (χ3v) is 4.05. The zero-order chi connectivity index (χ0) is 16.8. The quantitative estimate of drug-likeness (QED) is 0.769. The third kappa shape index (κ3) is 4.38. The van der Waals surface area contributed by atoms with Gasteiger partial charge in [-0.3, -0.25) is 19.0 Å². The van der Waals surface area contributed by atoms with E-state index in [9.17, 15) is 14.4 Å². The minimum Gasteiger partial charge on any atom is -0.452 e. The fourth-order valence-corrected chi connectivity index (χ4v) is 2.69. The molecule has 2 heterocycles. The first kappa shape index (κ1) is 17.1. The van der Waals surface area contributed by atoms with Gasteiger partial charge in [-0.1, -0.05) is 6.92 Å². The van der Waals surface area contributed by atoms with E-state index < -0.39 is 12.1 Å². The highest BCUT2D eigenvalue weighted by molar-refractivity contribution is 7.16. The Labute approximate surface area is 137 Å². The van der Waals surface area contributed by atoms with Crippen molar-refractivity contribution in [3.8, 4) is 0 Å². The maximum absolute atomic E-state index is 12.2. The normalized spacial score (nSPS) is 12.1. The number of carbonyl (C=O) groups excluding carboxylic acids is 2. The average Bonchev–Trinajstić information content (AvgIpc) is 3.01. The standard InChI is InChI=1S/C15H19N3O4S/c1-3-6-16-13(20)10(2)22-12(19)4-7-18-9-17-14-11(15(18)21)5-8-23-14/h5,8-10H,3-4,6-7H2,1-2H3,(H,16,20). The number of nitrogens with zero attached hydrogens (tertiary/aromatic N) is 2. The molecule has 1 atom stereocenters. The Morgan fingerprint density at radius 3 is 3.00 bits per heavy atom. The topological polar surface area (TPSA) is 90.3 Å². The van der Waals surface area contributed by atoms with Gasteiger partial charge in [-0.2, -0.15) is 0 Å². The molecule has 0 saturated heterocycles. The lowest BCUT2D eigenvalue weighted by Crippen LogP contribution is -2.36. The predicted molar refractivity (Wildman–Crippen MR) is 87.4 cm³/mol. The van der Waals surface area contributed by atoms with Crippen molar-refractivity contribution < 1.29 is 14.3 Å². The molecule has 0 spiro atoms. The molecule has 0 aliphatic carbocycles. The van der Waals surface area contributed by atoms with Gasteiger partial charge in [0.25, 0.3) is 11.5 Å². The molecule has 0 aromatic carbocycles. The summed E-state index contributed by atoms with van der Waals surface area (Å²) in [6.45, 7) is 4.17. The Kier molecular flexibility index (Phi) is 5.86. The van der Waals surface area contributed by atoms with Crippen LogP contribution in [0.15, 0.2) is 22.6 Å². The van der Waals surface area contributed by atoms with Crippen molar-refractivity contribution in [1.82, 2.24) is 14.9 Å². The first-order valence-electron chi connectivity index (χ1n) is 7.42. The van der Waals surface area contributed by atoms with Crippen LogP contribution < -0.4 is 10.9 Å². The van der Waals surface area contributed by atoms with Crippen molar-refractivity contribution in [2.45, 2.75) is 39.3 Å². The van der Waals surface area contributed by atoms with E-state index in [1.54, 1.807) is 11.4 Å². The molecule has 0 aliphatic heterocycles. The number of nitrogens with one attached hydrogen (secondary N) is 1. The van der Waals surface area contributed by atoms with Crippen LogP contribution in [0, 0.1) is 0 Å². The first-order valence-corrected chi connectivity index (χ1v) is 8.30. The highest BCUT2D eigenvalue weighted by atomic mass is 32.1. The summed E-state index contributed by atoms with van der Waals surface area (Å²) in [4.78, 5) is 40.4. The van der Waals surface area contributed by atoms with Crippen molar-refractivity contribution in [3.05, 3.63) is 28.1 Å². The lowest BCUT2D eigenvalue weighted by molar-refractivity contribution is -0.155. The molecule has 2 aromatic heterocycles. The number of hydrogen-bond donors (Lipinski definition) is 1. The lowest BCUT2D eigenvalue weighted by atomic mass is 10.3. The van der Waals surface area contributed by atoms with Crippen LogP contribution in [-0.2, 0) is 20.9 Å². The van der Waals surface area contributed by atoms with Gasteiger partial charge in [0.15, 0.2) is 6.10 Å². The Bertz CT molecular complexity index is 753. The van der Waals surface area contributed by atoms with Crippen LogP contribution in [-0.4, -0.2) is 34.1 Å². The smallest absolute Gasteiger partial charge is 0.308 e. The van der Waals surface area contributed by atoms with Crippen LogP contribution >= 0.6 is 11.3 Å². The van der Waals surface area contributed by atoms with Crippen molar-refractivity contribution in [2.24, 2.45) is 0 Å². The summed E-state index contributed by atoms with van der Waals surface area (Å²) in [6.07, 6.45) is 1.39. The zero-order valence-electron chi connectivity index (χ0n) is 13.1. The molecular formula is C15H19N3O4S.